The lowest BCUT2D eigenvalue weighted by atomic mass is 10.2. The van der Waals surface area contributed by atoms with E-state index in [9.17, 15) is 4.39 Å². The van der Waals surface area contributed by atoms with E-state index in [0.717, 1.165) is 5.69 Å². The van der Waals surface area contributed by atoms with Crippen molar-refractivity contribution < 1.29 is 13.9 Å². The van der Waals surface area contributed by atoms with Crippen molar-refractivity contribution in [2.45, 2.75) is 33.3 Å². The van der Waals surface area contributed by atoms with E-state index in [1.54, 1.807) is 12.1 Å². The first-order valence-corrected chi connectivity index (χ1v) is 6.22. The molecule has 1 aromatic rings. The summed E-state index contributed by atoms with van der Waals surface area (Å²) in [4.78, 5) is 0. The molecule has 0 saturated heterocycles. The Balaban J connectivity index is 2.41. The van der Waals surface area contributed by atoms with Gasteiger partial charge in [-0.3, -0.25) is 0 Å². The minimum Gasteiger partial charge on any atom is -0.491 e. The Morgan fingerprint density at radius 3 is 2.56 bits per heavy atom. The van der Waals surface area contributed by atoms with Crippen molar-refractivity contribution in [3.05, 3.63) is 24.0 Å². The summed E-state index contributed by atoms with van der Waals surface area (Å²) in [5.41, 5.74) is 0.583. The second-order valence-electron chi connectivity index (χ2n) is 4.97. The SMILES string of the molecule is CCOc1ccc(NCCOC(C)(C)C)cc1F. The van der Waals surface area contributed by atoms with Crippen LogP contribution >= 0.6 is 0 Å². The molecule has 0 atom stereocenters. The minimum atomic E-state index is -0.349. The third-order valence-corrected chi connectivity index (χ3v) is 2.20. The van der Waals surface area contributed by atoms with Gasteiger partial charge in [-0.05, 0) is 39.8 Å². The fourth-order valence-electron chi connectivity index (χ4n) is 1.44. The number of ether oxygens (including phenoxy) is 2. The lowest BCUT2D eigenvalue weighted by Crippen LogP contribution is -2.23. The number of halogens is 1. The molecule has 0 unspecified atom stereocenters. The lowest BCUT2D eigenvalue weighted by molar-refractivity contribution is 0.00333. The van der Waals surface area contributed by atoms with Crippen LogP contribution in [-0.4, -0.2) is 25.4 Å². The van der Waals surface area contributed by atoms with E-state index >= 15 is 0 Å². The van der Waals surface area contributed by atoms with Gasteiger partial charge in [-0.15, -0.1) is 0 Å². The highest BCUT2D eigenvalue weighted by Gasteiger charge is 2.09. The predicted octanol–water partition coefficient (Wildman–Crippen LogP) is 3.45. The Bertz CT molecular complexity index is 375. The predicted molar refractivity (Wildman–Crippen MR) is 71.8 cm³/mol. The second kappa shape index (κ2) is 6.59. The summed E-state index contributed by atoms with van der Waals surface area (Å²) < 4.78 is 24.2. The first-order chi connectivity index (χ1) is 8.42. The molecule has 0 aromatic heterocycles. The molecule has 0 aliphatic rings. The molecule has 0 saturated carbocycles. The summed E-state index contributed by atoms with van der Waals surface area (Å²) in [6, 6.07) is 4.86. The van der Waals surface area contributed by atoms with Gasteiger partial charge < -0.3 is 14.8 Å². The van der Waals surface area contributed by atoms with Gasteiger partial charge in [-0.2, -0.15) is 0 Å². The Kier molecular flexibility index (Phi) is 5.41. The summed E-state index contributed by atoms with van der Waals surface area (Å²) in [7, 11) is 0. The summed E-state index contributed by atoms with van der Waals surface area (Å²) in [6.07, 6.45) is 0. The highest BCUT2D eigenvalue weighted by molar-refractivity contribution is 5.47. The molecule has 0 aliphatic carbocycles. The van der Waals surface area contributed by atoms with E-state index in [0.29, 0.717) is 19.8 Å². The lowest BCUT2D eigenvalue weighted by Gasteiger charge is -2.19. The van der Waals surface area contributed by atoms with E-state index in [1.807, 2.05) is 27.7 Å². The Morgan fingerprint density at radius 2 is 2.00 bits per heavy atom. The first-order valence-electron chi connectivity index (χ1n) is 6.22. The molecule has 0 amide bonds. The minimum absolute atomic E-state index is 0.147. The van der Waals surface area contributed by atoms with Crippen molar-refractivity contribution in [2.75, 3.05) is 25.1 Å². The zero-order valence-corrected chi connectivity index (χ0v) is 11.5. The van der Waals surface area contributed by atoms with Gasteiger partial charge in [0.25, 0.3) is 0 Å². The maximum atomic E-state index is 13.5. The van der Waals surface area contributed by atoms with Crippen LogP contribution in [0.2, 0.25) is 0 Å². The molecule has 1 N–H and O–H groups in total. The molecule has 0 radical (unpaired) electrons. The average molecular weight is 255 g/mol. The molecule has 1 rings (SSSR count). The zero-order chi connectivity index (χ0) is 13.6. The molecule has 3 nitrogen and oxygen atoms in total. The van der Waals surface area contributed by atoms with Crippen LogP contribution in [0.1, 0.15) is 27.7 Å². The summed E-state index contributed by atoms with van der Waals surface area (Å²) >= 11 is 0. The van der Waals surface area contributed by atoms with Crippen LogP contribution in [0.4, 0.5) is 10.1 Å². The van der Waals surface area contributed by atoms with E-state index in [1.165, 1.54) is 6.07 Å². The highest BCUT2D eigenvalue weighted by Crippen LogP contribution is 2.21. The van der Waals surface area contributed by atoms with Crippen LogP contribution in [0.15, 0.2) is 18.2 Å². The normalized spacial score (nSPS) is 11.4. The van der Waals surface area contributed by atoms with Crippen LogP contribution in [-0.2, 0) is 4.74 Å². The van der Waals surface area contributed by atoms with Gasteiger partial charge >= 0.3 is 0 Å². The van der Waals surface area contributed by atoms with E-state index in [4.69, 9.17) is 9.47 Å². The van der Waals surface area contributed by atoms with Crippen molar-refractivity contribution in [3.63, 3.8) is 0 Å². The standard InChI is InChI=1S/C14H22FNO2/c1-5-17-13-7-6-11(10-12(13)15)16-8-9-18-14(2,3)4/h6-7,10,16H,5,8-9H2,1-4H3. The molecule has 0 bridgehead atoms. The van der Waals surface area contributed by atoms with Gasteiger partial charge in [0.2, 0.25) is 0 Å². The van der Waals surface area contributed by atoms with Crippen LogP contribution in [0.5, 0.6) is 5.75 Å². The zero-order valence-electron chi connectivity index (χ0n) is 11.5. The van der Waals surface area contributed by atoms with Crippen LogP contribution in [0, 0.1) is 5.82 Å². The Hall–Kier alpha value is -1.29. The van der Waals surface area contributed by atoms with Gasteiger partial charge in [0, 0.05) is 18.3 Å². The maximum Gasteiger partial charge on any atom is 0.167 e. The summed E-state index contributed by atoms with van der Waals surface area (Å²) in [5.74, 6) is -0.0624. The van der Waals surface area contributed by atoms with Crippen molar-refractivity contribution in [2.24, 2.45) is 0 Å². The summed E-state index contributed by atoms with van der Waals surface area (Å²) in [6.45, 7) is 9.53. The summed E-state index contributed by atoms with van der Waals surface area (Å²) in [5, 5.41) is 3.11. The molecular formula is C14H22FNO2. The van der Waals surface area contributed by atoms with Crippen LogP contribution in [0.3, 0.4) is 0 Å². The van der Waals surface area contributed by atoms with Crippen molar-refractivity contribution >= 4 is 5.69 Å². The number of benzene rings is 1. The van der Waals surface area contributed by atoms with Gasteiger partial charge in [-0.1, -0.05) is 0 Å². The Morgan fingerprint density at radius 1 is 1.28 bits per heavy atom. The molecule has 4 heteroatoms. The van der Waals surface area contributed by atoms with E-state index < -0.39 is 0 Å². The molecule has 0 aliphatic heterocycles. The van der Waals surface area contributed by atoms with E-state index in [-0.39, 0.29) is 17.2 Å². The largest absolute Gasteiger partial charge is 0.491 e. The van der Waals surface area contributed by atoms with Gasteiger partial charge in [0.15, 0.2) is 11.6 Å². The highest BCUT2D eigenvalue weighted by atomic mass is 19.1. The smallest absolute Gasteiger partial charge is 0.167 e. The average Bonchev–Trinajstić information content (AvgIpc) is 2.27. The molecule has 102 valence electrons. The van der Waals surface area contributed by atoms with Crippen LogP contribution < -0.4 is 10.1 Å². The number of nitrogens with one attached hydrogen (secondary N) is 1. The maximum absolute atomic E-state index is 13.5. The topological polar surface area (TPSA) is 30.5 Å². The quantitative estimate of drug-likeness (QED) is 0.790. The number of hydrogen-bond acceptors (Lipinski definition) is 3. The fourth-order valence-corrected chi connectivity index (χ4v) is 1.44. The Labute approximate surface area is 108 Å². The molecular weight excluding hydrogens is 233 g/mol. The van der Waals surface area contributed by atoms with Gasteiger partial charge in [-0.25, -0.2) is 4.39 Å². The molecule has 1 aromatic carbocycles. The second-order valence-corrected chi connectivity index (χ2v) is 4.97. The fraction of sp³-hybridized carbons (Fsp3) is 0.571. The number of anilines is 1. The molecule has 0 heterocycles. The monoisotopic (exact) mass is 255 g/mol. The third-order valence-electron chi connectivity index (χ3n) is 2.20. The van der Waals surface area contributed by atoms with Crippen LogP contribution in [0.25, 0.3) is 0 Å². The number of hydrogen-bond donors (Lipinski definition) is 1. The molecule has 0 fully saturated rings. The van der Waals surface area contributed by atoms with E-state index in [2.05, 4.69) is 5.32 Å². The first kappa shape index (κ1) is 14.8. The van der Waals surface area contributed by atoms with Crippen molar-refractivity contribution in [1.82, 2.24) is 0 Å². The van der Waals surface area contributed by atoms with Crippen molar-refractivity contribution in [3.8, 4) is 5.75 Å². The molecule has 0 spiro atoms. The molecule has 18 heavy (non-hydrogen) atoms. The number of rotatable bonds is 6. The van der Waals surface area contributed by atoms with Gasteiger partial charge in [0.05, 0.1) is 18.8 Å². The van der Waals surface area contributed by atoms with Gasteiger partial charge in [0.1, 0.15) is 0 Å². The van der Waals surface area contributed by atoms with Crippen molar-refractivity contribution in [1.29, 1.82) is 0 Å². The third kappa shape index (κ3) is 5.36.